The van der Waals surface area contributed by atoms with Crippen LogP contribution >= 0.6 is 0 Å². The molecule has 0 aliphatic rings. The second-order valence-corrected chi connectivity index (χ2v) is 4.17. The number of aromatic nitrogens is 1. The van der Waals surface area contributed by atoms with Crippen LogP contribution in [0.5, 0.6) is 0 Å². The predicted octanol–water partition coefficient (Wildman–Crippen LogP) is 2.41. The van der Waals surface area contributed by atoms with E-state index in [1.54, 1.807) is 48.8 Å². The zero-order valence-corrected chi connectivity index (χ0v) is 11.4. The van der Waals surface area contributed by atoms with Gasteiger partial charge >= 0.3 is 0 Å². The summed E-state index contributed by atoms with van der Waals surface area (Å²) < 4.78 is 0. The van der Waals surface area contributed by atoms with Crippen LogP contribution in [0.1, 0.15) is 5.56 Å². The van der Waals surface area contributed by atoms with Gasteiger partial charge in [0.2, 0.25) is 0 Å². The molecule has 0 aliphatic heterocycles. The van der Waals surface area contributed by atoms with Crippen LogP contribution in [0.4, 0.5) is 11.4 Å². The highest BCUT2D eigenvalue weighted by atomic mass is 16.1. The number of anilines is 2. The Labute approximate surface area is 127 Å². The summed E-state index contributed by atoms with van der Waals surface area (Å²) in [5.41, 5.74) is 1.22. The number of nitrogens with zero attached hydrogens (tertiary/aromatic N) is 3. The number of rotatable bonds is 4. The molecule has 0 aliphatic carbocycles. The van der Waals surface area contributed by atoms with E-state index in [1.165, 1.54) is 6.20 Å². The van der Waals surface area contributed by atoms with E-state index in [-0.39, 0.29) is 5.57 Å². The van der Waals surface area contributed by atoms with Crippen molar-refractivity contribution in [2.24, 2.45) is 0 Å². The normalized spacial score (nSPS) is 10.2. The molecule has 6 heteroatoms. The number of pyridine rings is 1. The molecule has 0 spiro atoms. The van der Waals surface area contributed by atoms with Gasteiger partial charge in [-0.25, -0.2) is 0 Å². The molecule has 0 radical (unpaired) electrons. The van der Waals surface area contributed by atoms with Gasteiger partial charge < -0.3 is 10.6 Å². The molecule has 0 atom stereocenters. The lowest BCUT2D eigenvalue weighted by molar-refractivity contribution is -0.112. The van der Waals surface area contributed by atoms with Gasteiger partial charge in [-0.15, -0.1) is 0 Å². The summed E-state index contributed by atoms with van der Waals surface area (Å²) in [5, 5.41) is 23.4. The number of hydrogen-bond donors (Lipinski definition) is 2. The van der Waals surface area contributed by atoms with Gasteiger partial charge in [0, 0.05) is 12.4 Å². The number of nitrogens with one attached hydrogen (secondary N) is 2. The Bertz CT molecular complexity index is 784. The van der Waals surface area contributed by atoms with Gasteiger partial charge in [0.15, 0.2) is 0 Å². The van der Waals surface area contributed by atoms with Crippen molar-refractivity contribution in [2.75, 3.05) is 10.6 Å². The Hall–Kier alpha value is -3.64. The summed E-state index contributed by atoms with van der Waals surface area (Å²) >= 11 is 0. The van der Waals surface area contributed by atoms with Crippen molar-refractivity contribution in [3.63, 3.8) is 0 Å². The number of carbonyl (C=O) groups is 1. The van der Waals surface area contributed by atoms with Crippen LogP contribution in [0, 0.1) is 22.7 Å². The molecule has 1 amide bonds. The average molecular weight is 289 g/mol. The molecule has 1 aromatic heterocycles. The average Bonchev–Trinajstić information content (AvgIpc) is 2.57. The van der Waals surface area contributed by atoms with Crippen LogP contribution in [0.25, 0.3) is 0 Å². The lowest BCUT2D eigenvalue weighted by Crippen LogP contribution is -2.15. The molecule has 6 nitrogen and oxygen atoms in total. The van der Waals surface area contributed by atoms with Gasteiger partial charge in [-0.2, -0.15) is 10.5 Å². The Morgan fingerprint density at radius 1 is 1.18 bits per heavy atom. The first kappa shape index (κ1) is 14.8. The highest BCUT2D eigenvalue weighted by molar-refractivity contribution is 6.07. The van der Waals surface area contributed by atoms with E-state index in [1.807, 2.05) is 12.1 Å². The van der Waals surface area contributed by atoms with E-state index >= 15 is 0 Å². The fourth-order valence-corrected chi connectivity index (χ4v) is 1.63. The second kappa shape index (κ2) is 7.22. The van der Waals surface area contributed by atoms with Crippen LogP contribution in [0.2, 0.25) is 0 Å². The van der Waals surface area contributed by atoms with Crippen molar-refractivity contribution in [3.8, 4) is 12.1 Å². The van der Waals surface area contributed by atoms with Crippen molar-refractivity contribution < 1.29 is 4.79 Å². The van der Waals surface area contributed by atoms with E-state index in [2.05, 4.69) is 15.6 Å². The fourth-order valence-electron chi connectivity index (χ4n) is 1.63. The van der Waals surface area contributed by atoms with Crippen molar-refractivity contribution in [3.05, 3.63) is 66.1 Å². The molecule has 0 fully saturated rings. The molecule has 0 unspecified atom stereocenters. The Kier molecular flexibility index (Phi) is 4.85. The highest BCUT2D eigenvalue weighted by Gasteiger charge is 2.11. The number of nitriles is 2. The lowest BCUT2D eigenvalue weighted by atomic mass is 10.2. The zero-order valence-electron chi connectivity index (χ0n) is 11.4. The quantitative estimate of drug-likeness (QED) is 0.664. The van der Waals surface area contributed by atoms with Crippen molar-refractivity contribution >= 4 is 17.3 Å². The molecule has 1 heterocycles. The Balaban J connectivity index is 2.13. The molecule has 0 bridgehead atoms. The zero-order chi connectivity index (χ0) is 15.8. The van der Waals surface area contributed by atoms with Crippen LogP contribution in [-0.2, 0) is 4.79 Å². The number of carbonyl (C=O) groups excluding carboxylic acids is 1. The van der Waals surface area contributed by atoms with E-state index in [4.69, 9.17) is 10.5 Å². The van der Waals surface area contributed by atoms with Crippen LogP contribution in [-0.4, -0.2) is 10.9 Å². The van der Waals surface area contributed by atoms with E-state index in [0.29, 0.717) is 16.9 Å². The summed E-state index contributed by atoms with van der Waals surface area (Å²) in [5.74, 6) is -0.596. The van der Waals surface area contributed by atoms with Crippen LogP contribution in [0.3, 0.4) is 0 Å². The van der Waals surface area contributed by atoms with Gasteiger partial charge in [-0.1, -0.05) is 12.1 Å². The van der Waals surface area contributed by atoms with Crippen molar-refractivity contribution in [2.45, 2.75) is 0 Å². The number of amides is 1. The molecule has 1 aromatic carbocycles. The van der Waals surface area contributed by atoms with E-state index in [0.717, 1.165) is 0 Å². The summed E-state index contributed by atoms with van der Waals surface area (Å²) in [7, 11) is 0. The third-order valence-electron chi connectivity index (χ3n) is 2.71. The third kappa shape index (κ3) is 3.69. The summed E-state index contributed by atoms with van der Waals surface area (Å²) in [6.45, 7) is 0. The van der Waals surface area contributed by atoms with Gasteiger partial charge in [0.1, 0.15) is 17.7 Å². The summed E-state index contributed by atoms with van der Waals surface area (Å²) in [4.78, 5) is 16.0. The second-order valence-electron chi connectivity index (χ2n) is 4.17. The molecule has 2 aromatic rings. The van der Waals surface area contributed by atoms with Crippen molar-refractivity contribution in [1.29, 1.82) is 10.5 Å². The largest absolute Gasteiger partial charge is 0.359 e. The Morgan fingerprint density at radius 3 is 2.68 bits per heavy atom. The maximum Gasteiger partial charge on any atom is 0.267 e. The Morgan fingerprint density at radius 2 is 2.00 bits per heavy atom. The number of para-hydroxylation sites is 1. The molecule has 2 N–H and O–H groups in total. The monoisotopic (exact) mass is 289 g/mol. The minimum atomic E-state index is -0.596. The lowest BCUT2D eigenvalue weighted by Gasteiger charge is -2.06. The van der Waals surface area contributed by atoms with Gasteiger partial charge in [0.25, 0.3) is 5.91 Å². The smallest absolute Gasteiger partial charge is 0.267 e. The minimum absolute atomic E-state index is 0.114. The first-order valence-electron chi connectivity index (χ1n) is 6.32. The van der Waals surface area contributed by atoms with Gasteiger partial charge in [0.05, 0.1) is 23.1 Å². The summed E-state index contributed by atoms with van der Waals surface area (Å²) in [6.07, 6.45) is 4.47. The maximum absolute atomic E-state index is 12.1. The van der Waals surface area contributed by atoms with Crippen molar-refractivity contribution in [1.82, 2.24) is 4.98 Å². The SMILES string of the molecule is N#C/C(=C/Nc1cccnc1)C(=O)Nc1ccccc1C#N. The number of benzene rings is 1. The molecule has 0 saturated carbocycles. The van der Waals surface area contributed by atoms with Crippen LogP contribution in [0.15, 0.2) is 60.6 Å². The predicted molar refractivity (Wildman–Crippen MR) is 81.3 cm³/mol. The number of hydrogen-bond acceptors (Lipinski definition) is 5. The van der Waals surface area contributed by atoms with E-state index < -0.39 is 5.91 Å². The highest BCUT2D eigenvalue weighted by Crippen LogP contribution is 2.14. The maximum atomic E-state index is 12.1. The fraction of sp³-hybridized carbons (Fsp3) is 0. The van der Waals surface area contributed by atoms with Gasteiger partial charge in [-0.05, 0) is 24.3 Å². The molecular weight excluding hydrogens is 278 g/mol. The molecular formula is C16H11N5O. The molecule has 22 heavy (non-hydrogen) atoms. The topological polar surface area (TPSA) is 102 Å². The molecule has 2 rings (SSSR count). The van der Waals surface area contributed by atoms with Crippen LogP contribution < -0.4 is 10.6 Å². The molecule has 106 valence electrons. The first-order chi connectivity index (χ1) is 10.7. The van der Waals surface area contributed by atoms with E-state index in [9.17, 15) is 4.79 Å². The molecule has 0 saturated heterocycles. The minimum Gasteiger partial charge on any atom is -0.359 e. The van der Waals surface area contributed by atoms with Gasteiger partial charge in [-0.3, -0.25) is 9.78 Å². The standard InChI is InChI=1S/C16H11N5O/c17-8-12-4-1-2-6-15(12)21-16(22)13(9-18)10-20-14-5-3-7-19-11-14/h1-7,10-11,20H,(H,21,22)/b13-10-. The first-order valence-corrected chi connectivity index (χ1v) is 6.32. The third-order valence-corrected chi connectivity index (χ3v) is 2.71. The summed E-state index contributed by atoms with van der Waals surface area (Å²) in [6, 6.07) is 13.8.